The van der Waals surface area contributed by atoms with Crippen molar-refractivity contribution < 1.29 is 18.3 Å². The van der Waals surface area contributed by atoms with Crippen LogP contribution in [0.2, 0.25) is 0 Å². The summed E-state index contributed by atoms with van der Waals surface area (Å²) in [7, 11) is -3.55. The van der Waals surface area contributed by atoms with E-state index in [9.17, 15) is 18.3 Å². The first-order valence-electron chi connectivity index (χ1n) is 8.06. The summed E-state index contributed by atoms with van der Waals surface area (Å²) >= 11 is 0. The maximum Gasteiger partial charge on any atom is 0.251 e. The number of benzene rings is 1. The second-order valence-corrected chi connectivity index (χ2v) is 8.23. The smallest absolute Gasteiger partial charge is 0.251 e. The summed E-state index contributed by atoms with van der Waals surface area (Å²) in [6.07, 6.45) is -0.454. The van der Waals surface area contributed by atoms with E-state index in [1.807, 2.05) is 13.8 Å². The van der Waals surface area contributed by atoms with Crippen molar-refractivity contribution in [3.05, 3.63) is 29.8 Å². The van der Waals surface area contributed by atoms with Crippen LogP contribution >= 0.6 is 12.4 Å². The fourth-order valence-corrected chi connectivity index (χ4v) is 3.61. The largest absolute Gasteiger partial charge is 0.391 e. The molecule has 1 aliphatic heterocycles. The van der Waals surface area contributed by atoms with Crippen LogP contribution in [-0.4, -0.2) is 51.7 Å². The second kappa shape index (κ2) is 9.49. The van der Waals surface area contributed by atoms with Crippen molar-refractivity contribution in [1.82, 2.24) is 15.4 Å². The summed E-state index contributed by atoms with van der Waals surface area (Å²) < 4.78 is 26.7. The minimum Gasteiger partial charge on any atom is -0.391 e. The monoisotopic (exact) mass is 391 g/mol. The standard InChI is InChI=1S/C16H25N3O4S.ClH/c1-11(2)7-19-24(22,23)14-5-3-12(4-6-14)16(21)18-9-13-8-17-10-15(13)20;/h3-6,11,13,15,17,19-20H,7-10H2,1-2H3,(H,18,21);1H. The van der Waals surface area contributed by atoms with Crippen LogP contribution in [0.4, 0.5) is 0 Å². The number of sulfonamides is 1. The maximum absolute atomic E-state index is 12.1. The third-order valence-corrected chi connectivity index (χ3v) is 5.38. The van der Waals surface area contributed by atoms with E-state index in [-0.39, 0.29) is 35.0 Å². The topological polar surface area (TPSA) is 108 Å². The number of β-amino-alcohol motifs (C(OH)–C–C–N with tert-alkyl or cyclic N) is 1. The van der Waals surface area contributed by atoms with Crippen molar-refractivity contribution in [3.63, 3.8) is 0 Å². The van der Waals surface area contributed by atoms with Gasteiger partial charge in [-0.3, -0.25) is 4.79 Å². The Morgan fingerprint density at radius 1 is 1.28 bits per heavy atom. The lowest BCUT2D eigenvalue weighted by molar-refractivity contribution is 0.0927. The number of rotatable bonds is 7. The molecule has 1 aromatic carbocycles. The molecule has 2 rings (SSSR count). The number of aliphatic hydroxyl groups is 1. The van der Waals surface area contributed by atoms with Gasteiger partial charge < -0.3 is 15.7 Å². The lowest BCUT2D eigenvalue weighted by Crippen LogP contribution is -2.34. The predicted octanol–water partition coefficient (Wildman–Crippen LogP) is 0.353. The first-order chi connectivity index (χ1) is 11.3. The number of halogens is 1. The van der Waals surface area contributed by atoms with E-state index in [0.717, 1.165) is 0 Å². The van der Waals surface area contributed by atoms with Gasteiger partial charge in [0.15, 0.2) is 0 Å². The van der Waals surface area contributed by atoms with Gasteiger partial charge in [0.2, 0.25) is 10.0 Å². The Morgan fingerprint density at radius 3 is 2.44 bits per heavy atom. The van der Waals surface area contributed by atoms with Gasteiger partial charge in [-0.15, -0.1) is 12.4 Å². The van der Waals surface area contributed by atoms with E-state index in [2.05, 4.69) is 15.4 Å². The Balaban J connectivity index is 0.00000312. The molecule has 1 fully saturated rings. The van der Waals surface area contributed by atoms with E-state index < -0.39 is 16.1 Å². The molecule has 9 heteroatoms. The zero-order valence-electron chi connectivity index (χ0n) is 14.4. The van der Waals surface area contributed by atoms with Crippen LogP contribution in [0.25, 0.3) is 0 Å². The Morgan fingerprint density at radius 2 is 1.92 bits per heavy atom. The molecular formula is C16H26ClN3O4S. The van der Waals surface area contributed by atoms with Gasteiger partial charge >= 0.3 is 0 Å². The van der Waals surface area contributed by atoms with Crippen LogP contribution in [-0.2, 0) is 10.0 Å². The number of hydrogen-bond donors (Lipinski definition) is 4. The van der Waals surface area contributed by atoms with Gasteiger partial charge in [0.25, 0.3) is 5.91 Å². The summed E-state index contributed by atoms with van der Waals surface area (Å²) in [6, 6.07) is 5.82. The highest BCUT2D eigenvalue weighted by Crippen LogP contribution is 2.12. The summed E-state index contributed by atoms with van der Waals surface area (Å²) in [6.45, 7) is 5.79. The molecule has 0 aromatic heterocycles. The number of amides is 1. The molecule has 1 aromatic rings. The van der Waals surface area contributed by atoms with Crippen LogP contribution < -0.4 is 15.4 Å². The van der Waals surface area contributed by atoms with Gasteiger partial charge in [0.1, 0.15) is 0 Å². The fourth-order valence-electron chi connectivity index (χ4n) is 2.40. The van der Waals surface area contributed by atoms with Crippen molar-refractivity contribution in [1.29, 1.82) is 0 Å². The molecule has 25 heavy (non-hydrogen) atoms. The summed E-state index contributed by atoms with van der Waals surface area (Å²) in [5.41, 5.74) is 0.387. The molecular weight excluding hydrogens is 366 g/mol. The fraction of sp³-hybridized carbons (Fsp3) is 0.562. The average Bonchev–Trinajstić information content (AvgIpc) is 2.96. The lowest BCUT2D eigenvalue weighted by Gasteiger charge is -2.14. The predicted molar refractivity (Wildman–Crippen MR) is 98.4 cm³/mol. The Bertz CT molecular complexity index is 664. The lowest BCUT2D eigenvalue weighted by atomic mass is 10.1. The Kier molecular flexibility index (Phi) is 8.30. The molecule has 0 saturated carbocycles. The van der Waals surface area contributed by atoms with E-state index >= 15 is 0 Å². The summed E-state index contributed by atoms with van der Waals surface area (Å²) in [4.78, 5) is 12.2. The van der Waals surface area contributed by atoms with Gasteiger partial charge in [-0.05, 0) is 30.2 Å². The SMILES string of the molecule is CC(C)CNS(=O)(=O)c1ccc(C(=O)NCC2CNCC2O)cc1.Cl. The summed E-state index contributed by atoms with van der Waals surface area (Å²) in [5, 5.41) is 15.5. The van der Waals surface area contributed by atoms with Crippen LogP contribution in [0, 0.1) is 11.8 Å². The molecule has 7 nitrogen and oxygen atoms in total. The third-order valence-electron chi connectivity index (χ3n) is 3.94. The quantitative estimate of drug-likeness (QED) is 0.536. The van der Waals surface area contributed by atoms with Crippen molar-refractivity contribution in [2.24, 2.45) is 11.8 Å². The number of aliphatic hydroxyl groups excluding tert-OH is 1. The van der Waals surface area contributed by atoms with Gasteiger partial charge in [-0.1, -0.05) is 13.8 Å². The number of nitrogens with one attached hydrogen (secondary N) is 3. The zero-order chi connectivity index (χ0) is 17.7. The van der Waals surface area contributed by atoms with Gasteiger partial charge in [0.05, 0.1) is 11.0 Å². The van der Waals surface area contributed by atoms with Gasteiger partial charge in [-0.25, -0.2) is 13.1 Å². The van der Waals surface area contributed by atoms with Crippen molar-refractivity contribution >= 4 is 28.3 Å². The molecule has 0 bridgehead atoms. The molecule has 1 amide bonds. The maximum atomic E-state index is 12.1. The highest BCUT2D eigenvalue weighted by atomic mass is 35.5. The number of carbonyl (C=O) groups excluding carboxylic acids is 1. The first kappa shape index (κ1) is 21.9. The molecule has 1 heterocycles. The molecule has 142 valence electrons. The highest BCUT2D eigenvalue weighted by Gasteiger charge is 2.25. The number of hydrogen-bond acceptors (Lipinski definition) is 5. The van der Waals surface area contributed by atoms with Gasteiger partial charge in [-0.2, -0.15) is 0 Å². The zero-order valence-corrected chi connectivity index (χ0v) is 16.0. The Labute approximate surface area is 155 Å². The molecule has 1 saturated heterocycles. The van der Waals surface area contributed by atoms with E-state index in [1.54, 1.807) is 0 Å². The minimum atomic E-state index is -3.55. The molecule has 0 aliphatic carbocycles. The minimum absolute atomic E-state index is 0. The van der Waals surface area contributed by atoms with Crippen molar-refractivity contribution in [2.75, 3.05) is 26.2 Å². The second-order valence-electron chi connectivity index (χ2n) is 6.47. The molecule has 0 radical (unpaired) electrons. The van der Waals surface area contributed by atoms with Crippen LogP contribution in [0.3, 0.4) is 0 Å². The van der Waals surface area contributed by atoms with E-state index in [1.165, 1.54) is 24.3 Å². The number of carbonyl (C=O) groups is 1. The van der Waals surface area contributed by atoms with Crippen molar-refractivity contribution in [2.45, 2.75) is 24.8 Å². The molecule has 2 unspecified atom stereocenters. The van der Waals surface area contributed by atoms with Crippen LogP contribution in [0.1, 0.15) is 24.2 Å². The average molecular weight is 392 g/mol. The van der Waals surface area contributed by atoms with E-state index in [0.29, 0.717) is 31.7 Å². The highest BCUT2D eigenvalue weighted by molar-refractivity contribution is 7.89. The van der Waals surface area contributed by atoms with E-state index in [4.69, 9.17) is 0 Å². The third kappa shape index (κ3) is 6.23. The molecule has 0 spiro atoms. The molecule has 4 N–H and O–H groups in total. The molecule has 1 aliphatic rings. The normalized spacial score (nSPS) is 20.3. The van der Waals surface area contributed by atoms with Crippen LogP contribution in [0.15, 0.2) is 29.2 Å². The van der Waals surface area contributed by atoms with Gasteiger partial charge in [0, 0.05) is 37.7 Å². The Hall–Kier alpha value is -1.19. The van der Waals surface area contributed by atoms with Crippen molar-refractivity contribution in [3.8, 4) is 0 Å². The molecule has 2 atom stereocenters. The van der Waals surface area contributed by atoms with Crippen LogP contribution in [0.5, 0.6) is 0 Å². The first-order valence-corrected chi connectivity index (χ1v) is 9.54. The summed E-state index contributed by atoms with van der Waals surface area (Å²) in [5.74, 6) is -0.0766.